The predicted molar refractivity (Wildman–Crippen MR) is 140 cm³/mol. The van der Waals surface area contributed by atoms with Crippen LogP contribution < -0.4 is 0 Å². The van der Waals surface area contributed by atoms with Gasteiger partial charge in [0.25, 0.3) is 6.47 Å². The number of carbonyl (C=O) groups is 2. The monoisotopic (exact) mass is 462 g/mol. The van der Waals surface area contributed by atoms with Crippen LogP contribution in [0, 0.1) is 13.8 Å². The third kappa shape index (κ3) is 12.1. The van der Waals surface area contributed by atoms with E-state index in [0.717, 1.165) is 23.3 Å². The van der Waals surface area contributed by atoms with Gasteiger partial charge in [0.2, 0.25) is 0 Å². The summed E-state index contributed by atoms with van der Waals surface area (Å²) in [5.74, 6) is 1.08. The molecular formula is C30H38O4. The molecule has 2 aromatic rings. The highest BCUT2D eigenvalue weighted by molar-refractivity contribution is 5.74. The Labute approximate surface area is 205 Å². The molecule has 0 radical (unpaired) electrons. The van der Waals surface area contributed by atoms with E-state index in [0.29, 0.717) is 18.3 Å². The lowest BCUT2D eigenvalue weighted by molar-refractivity contribution is -0.124. The largest absolute Gasteiger partial charge is 0.429 e. The number of ether oxygens (including phenoxy) is 2. The Morgan fingerprint density at radius 3 is 1.82 bits per heavy atom. The molecule has 0 unspecified atom stereocenters. The second-order valence-corrected chi connectivity index (χ2v) is 8.51. The van der Waals surface area contributed by atoms with Crippen LogP contribution in [-0.4, -0.2) is 26.0 Å². The van der Waals surface area contributed by atoms with Crippen LogP contribution in [0.15, 0.2) is 85.2 Å². The zero-order valence-corrected chi connectivity index (χ0v) is 21.0. The van der Waals surface area contributed by atoms with Crippen LogP contribution in [0.1, 0.15) is 65.6 Å². The van der Waals surface area contributed by atoms with E-state index in [1.165, 1.54) is 42.4 Å². The molecule has 0 N–H and O–H groups in total. The predicted octanol–water partition coefficient (Wildman–Crippen LogP) is 7.28. The maximum Gasteiger partial charge on any atom is 0.298 e. The molecule has 0 saturated heterocycles. The van der Waals surface area contributed by atoms with Gasteiger partial charge in [-0.2, -0.15) is 0 Å². The van der Waals surface area contributed by atoms with Crippen molar-refractivity contribution in [3.63, 3.8) is 0 Å². The van der Waals surface area contributed by atoms with E-state index < -0.39 is 0 Å². The first-order valence-electron chi connectivity index (χ1n) is 11.5. The first-order valence-corrected chi connectivity index (χ1v) is 11.5. The van der Waals surface area contributed by atoms with E-state index in [9.17, 15) is 9.59 Å². The molecule has 182 valence electrons. The van der Waals surface area contributed by atoms with Crippen molar-refractivity contribution < 1.29 is 19.1 Å². The van der Waals surface area contributed by atoms with Crippen LogP contribution in [0.5, 0.6) is 0 Å². The molecule has 4 nitrogen and oxygen atoms in total. The third-order valence-corrected chi connectivity index (χ3v) is 5.52. The molecule has 2 aromatic carbocycles. The molecule has 0 bridgehead atoms. The van der Waals surface area contributed by atoms with Gasteiger partial charge in [-0.3, -0.25) is 9.59 Å². The average Bonchev–Trinajstić information content (AvgIpc) is 2.85. The second kappa shape index (κ2) is 16.4. The molecule has 0 aliphatic heterocycles. The van der Waals surface area contributed by atoms with Crippen molar-refractivity contribution in [1.29, 1.82) is 0 Å². The Bertz CT molecular complexity index is 915. The van der Waals surface area contributed by atoms with Crippen molar-refractivity contribution in [3.05, 3.63) is 107 Å². The van der Waals surface area contributed by atoms with Crippen molar-refractivity contribution in [1.82, 2.24) is 0 Å². The number of methoxy groups -OCH3 is 1. The zero-order valence-electron chi connectivity index (χ0n) is 21.0. The number of aldehydes is 1. The lowest BCUT2D eigenvalue weighted by atomic mass is 9.82. The molecule has 0 atom stereocenters. The summed E-state index contributed by atoms with van der Waals surface area (Å²) >= 11 is 0. The Balaban J connectivity index is 0.000000268. The van der Waals surface area contributed by atoms with Gasteiger partial charge in [0.05, 0.1) is 6.10 Å². The fraction of sp³-hybridized carbons (Fsp3) is 0.333. The topological polar surface area (TPSA) is 52.6 Å². The summed E-state index contributed by atoms with van der Waals surface area (Å²) in [6.07, 6.45) is 9.64. The van der Waals surface area contributed by atoms with Gasteiger partial charge in [-0.1, -0.05) is 84.5 Å². The number of rotatable bonds is 7. The highest BCUT2D eigenvalue weighted by Crippen LogP contribution is 2.33. The van der Waals surface area contributed by atoms with E-state index in [2.05, 4.69) is 49.1 Å². The van der Waals surface area contributed by atoms with Crippen molar-refractivity contribution in [2.24, 2.45) is 0 Å². The number of aryl methyl sites for hydroxylation is 2. The van der Waals surface area contributed by atoms with E-state index in [4.69, 9.17) is 4.74 Å². The second-order valence-electron chi connectivity index (χ2n) is 8.51. The van der Waals surface area contributed by atoms with Crippen LogP contribution in [0.4, 0.5) is 0 Å². The number of hydrogen-bond donors (Lipinski definition) is 0. The summed E-state index contributed by atoms with van der Waals surface area (Å²) in [6.45, 7) is 13.4. The first kappa shape index (κ1) is 28.8. The van der Waals surface area contributed by atoms with Gasteiger partial charge in [0.1, 0.15) is 12.0 Å². The van der Waals surface area contributed by atoms with Gasteiger partial charge < -0.3 is 9.47 Å². The lowest BCUT2D eigenvalue weighted by Gasteiger charge is -2.27. The standard InChI is InChI=1S/C14H20O.C8H10O2.C8H8O/c1-11-3-5-12(6-4-11)13-7-9-14(15-2)10-8-13;1-7(2)4-5-8(3)10-6-9;1-7-2-4-8(6-9)5-3-7/h3-6,13-14H,7-10H2,1-2H3;4-6H,1,3H2,2H3;2-6H,1H3/b;5-4-;. The smallest absolute Gasteiger partial charge is 0.298 e. The van der Waals surface area contributed by atoms with Crippen LogP contribution in [0.25, 0.3) is 0 Å². The summed E-state index contributed by atoms with van der Waals surface area (Å²) < 4.78 is 9.78. The first-order chi connectivity index (χ1) is 16.3. The van der Waals surface area contributed by atoms with E-state index in [-0.39, 0.29) is 0 Å². The number of allylic oxidation sites excluding steroid dienone is 3. The summed E-state index contributed by atoms with van der Waals surface area (Å²) in [7, 11) is 1.83. The van der Waals surface area contributed by atoms with Crippen molar-refractivity contribution >= 4 is 12.8 Å². The zero-order chi connectivity index (χ0) is 25.3. The fourth-order valence-electron chi connectivity index (χ4n) is 3.45. The van der Waals surface area contributed by atoms with Gasteiger partial charge in [-0.25, -0.2) is 0 Å². The SMILES string of the molecule is C=C(C)/C=C\C(=C)OC=O.COC1CCC(c2ccc(C)cc2)CC1.Cc1ccc(C=O)cc1. The molecule has 0 aromatic heterocycles. The maximum atomic E-state index is 10.1. The van der Waals surface area contributed by atoms with Gasteiger partial charge in [-0.15, -0.1) is 0 Å². The van der Waals surface area contributed by atoms with Crippen molar-refractivity contribution in [3.8, 4) is 0 Å². The Kier molecular flexibility index (Phi) is 13.9. The number of carbonyl (C=O) groups excluding carboxylic acids is 2. The van der Waals surface area contributed by atoms with Crippen molar-refractivity contribution in [2.45, 2.75) is 58.5 Å². The molecule has 1 saturated carbocycles. The van der Waals surface area contributed by atoms with E-state index in [1.54, 1.807) is 12.2 Å². The molecule has 0 spiro atoms. The molecule has 0 amide bonds. The van der Waals surface area contributed by atoms with Gasteiger partial charge in [0.15, 0.2) is 0 Å². The quantitative estimate of drug-likeness (QED) is 0.246. The van der Waals surface area contributed by atoms with Crippen LogP contribution in [-0.2, 0) is 14.3 Å². The summed E-state index contributed by atoms with van der Waals surface area (Å²) in [6, 6.07) is 16.5. The molecule has 0 heterocycles. The minimum Gasteiger partial charge on any atom is -0.429 e. The molecule has 34 heavy (non-hydrogen) atoms. The molecule has 1 aliphatic carbocycles. The summed E-state index contributed by atoms with van der Waals surface area (Å²) in [4.78, 5) is 19.8. The lowest BCUT2D eigenvalue weighted by Crippen LogP contribution is -2.19. The number of hydrogen-bond acceptors (Lipinski definition) is 4. The molecule has 1 aliphatic rings. The van der Waals surface area contributed by atoms with Crippen molar-refractivity contribution in [2.75, 3.05) is 7.11 Å². The van der Waals surface area contributed by atoms with Crippen LogP contribution in [0.3, 0.4) is 0 Å². The Morgan fingerprint density at radius 2 is 1.38 bits per heavy atom. The minimum absolute atomic E-state index is 0.318. The summed E-state index contributed by atoms with van der Waals surface area (Å²) in [5, 5.41) is 0. The average molecular weight is 463 g/mol. The maximum absolute atomic E-state index is 10.1. The molecule has 3 rings (SSSR count). The van der Waals surface area contributed by atoms with Gasteiger partial charge >= 0.3 is 0 Å². The van der Waals surface area contributed by atoms with E-state index in [1.807, 2.05) is 45.2 Å². The normalized spacial score (nSPS) is 16.8. The Hall–Kier alpha value is -3.24. The fourth-order valence-corrected chi connectivity index (χ4v) is 3.45. The summed E-state index contributed by atoms with van der Waals surface area (Å²) in [5.41, 5.74) is 5.66. The van der Waals surface area contributed by atoms with E-state index >= 15 is 0 Å². The third-order valence-electron chi connectivity index (χ3n) is 5.52. The van der Waals surface area contributed by atoms with Gasteiger partial charge in [-0.05, 0) is 64.0 Å². The highest BCUT2D eigenvalue weighted by atomic mass is 16.5. The molecule has 1 fully saturated rings. The minimum atomic E-state index is 0.318. The van der Waals surface area contributed by atoms with Gasteiger partial charge in [0, 0.05) is 12.7 Å². The highest BCUT2D eigenvalue weighted by Gasteiger charge is 2.21. The van der Waals surface area contributed by atoms with Crippen LogP contribution in [0.2, 0.25) is 0 Å². The molecule has 4 heteroatoms. The molecular weight excluding hydrogens is 424 g/mol. The Morgan fingerprint density at radius 1 is 0.853 bits per heavy atom. The number of benzene rings is 2. The van der Waals surface area contributed by atoms with Crippen LogP contribution >= 0.6 is 0 Å².